The van der Waals surface area contributed by atoms with Crippen LogP contribution < -0.4 is 19.7 Å². The number of aromatic nitrogens is 3. The first-order valence-electron chi connectivity index (χ1n) is 15.6. The molecule has 2 aromatic carbocycles. The molecule has 0 amide bonds. The molecule has 4 aromatic rings. The molecule has 0 aliphatic carbocycles. The number of phenols is 1. The van der Waals surface area contributed by atoms with Crippen LogP contribution in [0.25, 0.3) is 33.1 Å². The van der Waals surface area contributed by atoms with E-state index in [1.807, 2.05) is 24.3 Å². The van der Waals surface area contributed by atoms with Gasteiger partial charge < -0.3 is 24.8 Å². The second-order valence-corrected chi connectivity index (χ2v) is 13.0. The highest BCUT2D eigenvalue weighted by Crippen LogP contribution is 2.44. The minimum Gasteiger partial charge on any atom is -0.508 e. The maximum Gasteiger partial charge on any atom is 0.320 e. The van der Waals surface area contributed by atoms with Crippen molar-refractivity contribution in [2.75, 3.05) is 37.7 Å². The van der Waals surface area contributed by atoms with Crippen LogP contribution in [0.3, 0.4) is 0 Å². The number of halogens is 1. The zero-order valence-corrected chi connectivity index (χ0v) is 24.3. The fourth-order valence-corrected chi connectivity index (χ4v) is 8.48. The molecule has 4 fully saturated rings. The van der Waals surface area contributed by atoms with Crippen LogP contribution in [0.2, 0.25) is 0 Å². The Morgan fingerprint density at radius 1 is 1.16 bits per heavy atom. The zero-order chi connectivity index (χ0) is 29.6. The third-order valence-corrected chi connectivity index (χ3v) is 10.5. The number of hydrogen-bond acceptors (Lipinski definition) is 9. The summed E-state index contributed by atoms with van der Waals surface area (Å²) in [6.07, 6.45) is 9.68. The molecule has 224 valence electrons. The smallest absolute Gasteiger partial charge is 0.320 e. The number of fused-ring (bicyclic) bond motifs is 7. The lowest BCUT2D eigenvalue weighted by Crippen LogP contribution is -2.60. The van der Waals surface area contributed by atoms with Gasteiger partial charge in [0.25, 0.3) is 0 Å². The predicted molar refractivity (Wildman–Crippen MR) is 165 cm³/mol. The number of hydrogen-bond donors (Lipinski definition) is 2. The van der Waals surface area contributed by atoms with Crippen molar-refractivity contribution in [3.05, 3.63) is 42.0 Å². The molecule has 2 aromatic heterocycles. The van der Waals surface area contributed by atoms with Crippen molar-refractivity contribution in [1.29, 1.82) is 0 Å². The summed E-state index contributed by atoms with van der Waals surface area (Å²) < 4.78 is 27.5. The van der Waals surface area contributed by atoms with E-state index >= 15 is 0 Å². The van der Waals surface area contributed by atoms with Gasteiger partial charge in [-0.2, -0.15) is 9.97 Å². The number of alkyl halides is 1. The number of pyridine rings is 1. The average Bonchev–Trinajstić information content (AvgIpc) is 3.66. The van der Waals surface area contributed by atoms with Gasteiger partial charge in [0.15, 0.2) is 5.65 Å². The highest BCUT2D eigenvalue weighted by Gasteiger charge is 2.49. The molecule has 2 bridgehead atoms. The highest BCUT2D eigenvalue weighted by molar-refractivity contribution is 6.03. The molecular weight excluding hydrogens is 559 g/mol. The van der Waals surface area contributed by atoms with Gasteiger partial charge >= 0.3 is 6.01 Å². The summed E-state index contributed by atoms with van der Waals surface area (Å²) in [6.45, 7) is 2.98. The summed E-state index contributed by atoms with van der Waals surface area (Å²) in [6, 6.07) is 12.0. The van der Waals surface area contributed by atoms with Crippen LogP contribution >= 0.6 is 0 Å². The largest absolute Gasteiger partial charge is 0.508 e. The Hall–Kier alpha value is -4.20. The van der Waals surface area contributed by atoms with Crippen LogP contribution in [-0.4, -0.2) is 87.6 Å². The standard InChI is InChI=1S/C34H33FN6O3/c1-2-19-5-3-6-20-11-23(42)12-24(29(19)20)26-13-28-30-31(37-26)38-33(44-18-34-9-4-10-40(34)15-21(35)14-34)39-32(30)41-16-22-7-8-25(36-22)27(41)17-43-28/h1,3,5-6,11-13,21-22,25,27,36,42H,4,7-10,14-18H2/t21-,22-,25+,27-,34+/m1/s1. The third kappa shape index (κ3) is 3.95. The van der Waals surface area contributed by atoms with E-state index in [2.05, 4.69) is 21.0 Å². The number of anilines is 1. The summed E-state index contributed by atoms with van der Waals surface area (Å²) in [7, 11) is 0. The van der Waals surface area contributed by atoms with Gasteiger partial charge in [-0.25, -0.2) is 9.37 Å². The first-order chi connectivity index (χ1) is 21.5. The van der Waals surface area contributed by atoms with Crippen molar-refractivity contribution in [3.63, 3.8) is 0 Å². The van der Waals surface area contributed by atoms with E-state index in [4.69, 9.17) is 30.8 Å². The quantitative estimate of drug-likeness (QED) is 0.338. The van der Waals surface area contributed by atoms with Crippen LogP contribution in [0.4, 0.5) is 10.2 Å². The summed E-state index contributed by atoms with van der Waals surface area (Å²) >= 11 is 0. The number of ether oxygens (including phenoxy) is 2. The second-order valence-electron chi connectivity index (χ2n) is 13.0. The number of aromatic hydroxyl groups is 1. The first-order valence-corrected chi connectivity index (χ1v) is 15.6. The van der Waals surface area contributed by atoms with Crippen LogP contribution in [-0.2, 0) is 0 Å². The van der Waals surface area contributed by atoms with Crippen LogP contribution in [0.5, 0.6) is 17.5 Å². The maximum absolute atomic E-state index is 14.5. The van der Waals surface area contributed by atoms with Gasteiger partial charge in [-0.1, -0.05) is 18.1 Å². The number of nitrogens with zero attached hydrogens (tertiary/aromatic N) is 5. The lowest BCUT2D eigenvalue weighted by Gasteiger charge is -2.40. The van der Waals surface area contributed by atoms with Crippen molar-refractivity contribution in [3.8, 4) is 41.1 Å². The molecule has 4 saturated heterocycles. The average molecular weight is 593 g/mol. The minimum atomic E-state index is -0.841. The van der Waals surface area contributed by atoms with Crippen molar-refractivity contribution < 1.29 is 19.0 Å². The molecule has 44 heavy (non-hydrogen) atoms. The zero-order valence-electron chi connectivity index (χ0n) is 24.3. The van der Waals surface area contributed by atoms with E-state index in [0.717, 1.165) is 60.7 Å². The molecule has 5 aliphatic heterocycles. The number of rotatable bonds is 4. The normalized spacial score (nSPS) is 28.9. The number of phenolic OH excluding ortho intramolecular Hbond substituents is 1. The van der Waals surface area contributed by atoms with E-state index in [1.54, 1.807) is 12.1 Å². The van der Waals surface area contributed by atoms with Crippen molar-refractivity contribution in [2.24, 2.45) is 0 Å². The first kappa shape index (κ1) is 26.2. The molecule has 5 aliphatic rings. The summed E-state index contributed by atoms with van der Waals surface area (Å²) in [5.74, 6) is 4.31. The van der Waals surface area contributed by atoms with Gasteiger partial charge in [-0.05, 0) is 55.8 Å². The van der Waals surface area contributed by atoms with E-state index in [1.165, 1.54) is 0 Å². The Bertz CT molecular complexity index is 1880. The molecule has 7 heterocycles. The number of terminal acetylenes is 1. The van der Waals surface area contributed by atoms with Crippen LogP contribution in [0.15, 0.2) is 36.4 Å². The third-order valence-electron chi connectivity index (χ3n) is 10.5. The highest BCUT2D eigenvalue weighted by atomic mass is 19.1. The number of piperazine rings is 1. The Balaban J connectivity index is 1.21. The van der Waals surface area contributed by atoms with Gasteiger partial charge in [0, 0.05) is 54.2 Å². The van der Waals surface area contributed by atoms with Gasteiger partial charge in [-0.15, -0.1) is 6.42 Å². The molecule has 9 rings (SSSR count). The summed E-state index contributed by atoms with van der Waals surface area (Å²) in [5.41, 5.74) is 2.12. The Kier molecular flexibility index (Phi) is 5.75. The SMILES string of the molecule is C#Cc1cccc2cc(O)cc(-c3cc4c5c(nc(OC[C@@]67CCCN6C[C@H](F)C7)nc5n3)N3C[C@H]5CC[C@H](N5)[C@H]3CO4)c12. The van der Waals surface area contributed by atoms with E-state index < -0.39 is 6.17 Å². The maximum atomic E-state index is 14.5. The van der Waals surface area contributed by atoms with Gasteiger partial charge in [0.2, 0.25) is 0 Å². The molecule has 0 saturated carbocycles. The van der Waals surface area contributed by atoms with Crippen molar-refractivity contribution in [1.82, 2.24) is 25.2 Å². The van der Waals surface area contributed by atoms with E-state index in [0.29, 0.717) is 66.5 Å². The van der Waals surface area contributed by atoms with Gasteiger partial charge in [0.05, 0.1) is 17.3 Å². The van der Waals surface area contributed by atoms with E-state index in [9.17, 15) is 9.50 Å². The van der Waals surface area contributed by atoms with Gasteiger partial charge in [0.1, 0.15) is 42.1 Å². The lowest BCUT2D eigenvalue weighted by molar-refractivity contribution is 0.107. The lowest BCUT2D eigenvalue weighted by atomic mass is 9.95. The molecular formula is C34H33FN6O3. The summed E-state index contributed by atoms with van der Waals surface area (Å²) in [5, 5.41) is 16.8. The van der Waals surface area contributed by atoms with Crippen molar-refractivity contribution >= 4 is 27.6 Å². The molecule has 10 heteroatoms. The minimum absolute atomic E-state index is 0.0937. The molecule has 9 nitrogen and oxygen atoms in total. The molecule has 2 N–H and O–H groups in total. The Morgan fingerprint density at radius 3 is 3.00 bits per heavy atom. The van der Waals surface area contributed by atoms with Crippen molar-refractivity contribution in [2.45, 2.75) is 61.9 Å². The second kappa shape index (κ2) is 9.65. The summed E-state index contributed by atoms with van der Waals surface area (Å²) in [4.78, 5) is 19.5. The molecule has 0 unspecified atom stereocenters. The molecule has 0 radical (unpaired) electrons. The Morgan fingerprint density at radius 2 is 2.09 bits per heavy atom. The molecule has 0 spiro atoms. The monoisotopic (exact) mass is 592 g/mol. The number of nitrogens with one attached hydrogen (secondary N) is 1. The molecule has 5 atom stereocenters. The topological polar surface area (TPSA) is 95.9 Å². The fourth-order valence-electron chi connectivity index (χ4n) is 8.48. The van der Waals surface area contributed by atoms with E-state index in [-0.39, 0.29) is 23.3 Å². The predicted octanol–water partition coefficient (Wildman–Crippen LogP) is 4.19. The number of benzene rings is 2. The van der Waals surface area contributed by atoms with Gasteiger partial charge in [-0.3, -0.25) is 4.90 Å². The Labute approximate surface area is 254 Å². The van der Waals surface area contributed by atoms with Crippen LogP contribution in [0, 0.1) is 12.3 Å². The fraction of sp³-hybridized carbons (Fsp3) is 0.441. The van der Waals surface area contributed by atoms with Crippen LogP contribution in [0.1, 0.15) is 37.7 Å².